The van der Waals surface area contributed by atoms with Crippen molar-refractivity contribution in [2.75, 3.05) is 7.11 Å². The van der Waals surface area contributed by atoms with Crippen molar-refractivity contribution in [1.29, 1.82) is 0 Å². The van der Waals surface area contributed by atoms with Crippen LogP contribution in [0.25, 0.3) is 0 Å². The summed E-state index contributed by atoms with van der Waals surface area (Å²) in [6.07, 6.45) is -0.455. The molecule has 0 aromatic rings. The highest BCUT2D eigenvalue weighted by atomic mass is 16.6. The van der Waals surface area contributed by atoms with Gasteiger partial charge in [0.15, 0.2) is 0 Å². The zero-order valence-corrected chi connectivity index (χ0v) is 7.35. The lowest BCUT2D eigenvalue weighted by molar-refractivity contribution is -0.147. The fraction of sp³-hybridized carbons (Fsp3) is 0.375. The third-order valence-electron chi connectivity index (χ3n) is 1.71. The maximum atomic E-state index is 10.8. The summed E-state index contributed by atoms with van der Waals surface area (Å²) in [6, 6.07) is 0. The van der Waals surface area contributed by atoms with Crippen molar-refractivity contribution in [3.05, 3.63) is 11.6 Å². The number of hydrogen-bond acceptors (Lipinski definition) is 5. The first-order chi connectivity index (χ1) is 6.54. The third kappa shape index (κ3) is 2.09. The minimum atomic E-state index is -1.27. The van der Waals surface area contributed by atoms with E-state index in [0.29, 0.717) is 0 Å². The van der Waals surface area contributed by atoms with Gasteiger partial charge in [0.05, 0.1) is 19.1 Å². The standard InChI is InChI=1S/C8H8O6/c1-13-6(9)3-5-4(8(11)12)2-7(10)14-5/h2,5H,3H2,1H3,(H,11,12). The SMILES string of the molecule is COC(=O)CC1OC(=O)C=C1C(=O)O. The van der Waals surface area contributed by atoms with Crippen molar-refractivity contribution >= 4 is 17.9 Å². The first-order valence-corrected chi connectivity index (χ1v) is 3.77. The van der Waals surface area contributed by atoms with Crippen molar-refractivity contribution in [2.24, 2.45) is 0 Å². The van der Waals surface area contributed by atoms with Crippen molar-refractivity contribution in [3.8, 4) is 0 Å². The molecule has 1 N–H and O–H groups in total. The summed E-state index contributed by atoms with van der Waals surface area (Å²) < 4.78 is 8.92. The molecule has 1 aliphatic rings. The largest absolute Gasteiger partial charge is 0.478 e. The molecule has 0 bridgehead atoms. The number of carboxylic acids is 1. The van der Waals surface area contributed by atoms with E-state index < -0.39 is 24.0 Å². The normalized spacial score (nSPS) is 19.9. The van der Waals surface area contributed by atoms with Crippen LogP contribution in [0.3, 0.4) is 0 Å². The molecule has 0 radical (unpaired) electrons. The fourth-order valence-electron chi connectivity index (χ4n) is 1.04. The number of carboxylic acid groups (broad SMARTS) is 1. The van der Waals surface area contributed by atoms with Gasteiger partial charge in [0, 0.05) is 6.08 Å². The lowest BCUT2D eigenvalue weighted by atomic mass is 10.1. The second-order valence-electron chi connectivity index (χ2n) is 2.61. The molecule has 0 aliphatic carbocycles. The van der Waals surface area contributed by atoms with Crippen molar-refractivity contribution < 1.29 is 29.0 Å². The van der Waals surface area contributed by atoms with Gasteiger partial charge >= 0.3 is 17.9 Å². The Hall–Kier alpha value is -1.85. The number of aliphatic carboxylic acids is 1. The molecule has 1 heterocycles. The molecule has 0 aromatic carbocycles. The second-order valence-corrected chi connectivity index (χ2v) is 2.61. The van der Waals surface area contributed by atoms with Gasteiger partial charge in [-0.25, -0.2) is 9.59 Å². The summed E-state index contributed by atoms with van der Waals surface area (Å²) in [4.78, 5) is 32.1. The highest BCUT2D eigenvalue weighted by molar-refractivity contribution is 6.00. The predicted molar refractivity (Wildman–Crippen MR) is 42.2 cm³/mol. The first kappa shape index (κ1) is 10.2. The van der Waals surface area contributed by atoms with Crippen LogP contribution in [0.4, 0.5) is 0 Å². The summed E-state index contributed by atoms with van der Waals surface area (Å²) >= 11 is 0. The number of carbonyl (C=O) groups excluding carboxylic acids is 2. The zero-order valence-electron chi connectivity index (χ0n) is 7.35. The maximum absolute atomic E-state index is 10.8. The number of ether oxygens (including phenoxy) is 2. The van der Waals surface area contributed by atoms with E-state index in [9.17, 15) is 14.4 Å². The van der Waals surface area contributed by atoms with E-state index in [-0.39, 0.29) is 12.0 Å². The average molecular weight is 200 g/mol. The molecule has 0 saturated carbocycles. The summed E-state index contributed by atoms with van der Waals surface area (Å²) in [5.74, 6) is -2.65. The Balaban J connectivity index is 2.72. The van der Waals surface area contributed by atoms with Gasteiger partial charge in [-0.1, -0.05) is 0 Å². The highest BCUT2D eigenvalue weighted by Crippen LogP contribution is 2.19. The molecule has 1 rings (SSSR count). The second kappa shape index (κ2) is 3.91. The van der Waals surface area contributed by atoms with E-state index in [1.165, 1.54) is 7.11 Å². The number of hydrogen-bond donors (Lipinski definition) is 1. The number of rotatable bonds is 3. The third-order valence-corrected chi connectivity index (χ3v) is 1.71. The quantitative estimate of drug-likeness (QED) is 0.617. The monoisotopic (exact) mass is 200 g/mol. The summed E-state index contributed by atoms with van der Waals surface area (Å²) in [7, 11) is 1.17. The molecule has 0 amide bonds. The van der Waals surface area contributed by atoms with Gasteiger partial charge in [-0.3, -0.25) is 4.79 Å². The molecule has 6 heteroatoms. The average Bonchev–Trinajstić information content (AvgIpc) is 2.46. The van der Waals surface area contributed by atoms with E-state index in [1.807, 2.05) is 0 Å². The molecular weight excluding hydrogens is 192 g/mol. The topological polar surface area (TPSA) is 89.9 Å². The van der Waals surface area contributed by atoms with Crippen LogP contribution in [0.2, 0.25) is 0 Å². The minimum absolute atomic E-state index is 0.222. The van der Waals surface area contributed by atoms with Crippen LogP contribution in [-0.2, 0) is 23.9 Å². The van der Waals surface area contributed by atoms with Gasteiger partial charge < -0.3 is 14.6 Å². The summed E-state index contributed by atoms with van der Waals surface area (Å²) in [6.45, 7) is 0. The van der Waals surface area contributed by atoms with Gasteiger partial charge in [0.2, 0.25) is 0 Å². The van der Waals surface area contributed by atoms with E-state index >= 15 is 0 Å². The van der Waals surface area contributed by atoms with Crippen molar-refractivity contribution in [3.63, 3.8) is 0 Å². The molecule has 0 fully saturated rings. The molecular formula is C8H8O6. The van der Waals surface area contributed by atoms with Crippen LogP contribution >= 0.6 is 0 Å². The summed E-state index contributed by atoms with van der Waals surface area (Å²) in [5.41, 5.74) is -0.222. The molecule has 0 spiro atoms. The molecule has 0 aromatic heterocycles. The van der Waals surface area contributed by atoms with E-state index in [2.05, 4.69) is 9.47 Å². The van der Waals surface area contributed by atoms with Gasteiger partial charge in [-0.2, -0.15) is 0 Å². The molecule has 76 valence electrons. The van der Waals surface area contributed by atoms with Crippen LogP contribution in [0, 0.1) is 0 Å². The number of carbonyl (C=O) groups is 3. The lowest BCUT2D eigenvalue weighted by Crippen LogP contribution is -2.21. The molecule has 0 saturated heterocycles. The van der Waals surface area contributed by atoms with Crippen LogP contribution in [0.5, 0.6) is 0 Å². The molecule has 6 nitrogen and oxygen atoms in total. The molecule has 1 atom stereocenters. The Labute approximate surface area is 79.1 Å². The van der Waals surface area contributed by atoms with Crippen LogP contribution in [-0.4, -0.2) is 36.2 Å². The minimum Gasteiger partial charge on any atom is -0.478 e. The van der Waals surface area contributed by atoms with Crippen LogP contribution in [0.1, 0.15) is 6.42 Å². The lowest BCUT2D eigenvalue weighted by Gasteiger charge is -2.09. The van der Waals surface area contributed by atoms with Crippen LogP contribution < -0.4 is 0 Å². The molecule has 1 unspecified atom stereocenters. The Morgan fingerprint density at radius 3 is 2.79 bits per heavy atom. The zero-order chi connectivity index (χ0) is 10.7. The van der Waals surface area contributed by atoms with Crippen molar-refractivity contribution in [2.45, 2.75) is 12.5 Å². The Morgan fingerprint density at radius 1 is 1.64 bits per heavy atom. The van der Waals surface area contributed by atoms with E-state index in [0.717, 1.165) is 6.08 Å². The Kier molecular flexibility index (Phi) is 2.85. The fourth-order valence-corrected chi connectivity index (χ4v) is 1.04. The van der Waals surface area contributed by atoms with Gasteiger partial charge in [-0.05, 0) is 0 Å². The van der Waals surface area contributed by atoms with Crippen LogP contribution in [0.15, 0.2) is 11.6 Å². The predicted octanol–water partition coefficient (Wildman–Crippen LogP) is -0.514. The van der Waals surface area contributed by atoms with Crippen molar-refractivity contribution in [1.82, 2.24) is 0 Å². The highest BCUT2D eigenvalue weighted by Gasteiger charge is 2.32. The van der Waals surface area contributed by atoms with Gasteiger partial charge in [-0.15, -0.1) is 0 Å². The van der Waals surface area contributed by atoms with Gasteiger partial charge in [0.1, 0.15) is 6.10 Å². The Bertz CT molecular complexity index is 316. The molecule has 1 aliphatic heterocycles. The number of methoxy groups -OCH3 is 1. The van der Waals surface area contributed by atoms with E-state index in [1.54, 1.807) is 0 Å². The first-order valence-electron chi connectivity index (χ1n) is 3.77. The van der Waals surface area contributed by atoms with Gasteiger partial charge in [0.25, 0.3) is 0 Å². The number of cyclic esters (lactones) is 1. The Morgan fingerprint density at radius 2 is 2.29 bits per heavy atom. The van der Waals surface area contributed by atoms with E-state index in [4.69, 9.17) is 5.11 Å². The smallest absolute Gasteiger partial charge is 0.335 e. The maximum Gasteiger partial charge on any atom is 0.335 e. The molecule has 14 heavy (non-hydrogen) atoms. The summed E-state index contributed by atoms with van der Waals surface area (Å²) in [5, 5.41) is 8.63. The number of esters is 2.